The van der Waals surface area contributed by atoms with Crippen LogP contribution in [0.3, 0.4) is 0 Å². The van der Waals surface area contributed by atoms with Crippen LogP contribution in [0.15, 0.2) is 46.9 Å². The Morgan fingerprint density at radius 3 is 1.69 bits per heavy atom. The van der Waals surface area contributed by atoms with E-state index in [1.807, 2.05) is 13.8 Å². The monoisotopic (exact) mass is 352 g/mol. The van der Waals surface area contributed by atoms with E-state index in [-0.39, 0.29) is 11.8 Å². The van der Waals surface area contributed by atoms with Gasteiger partial charge in [0, 0.05) is 47.3 Å². The van der Waals surface area contributed by atoms with E-state index in [0.29, 0.717) is 24.0 Å². The molecule has 0 aliphatic rings. The van der Waals surface area contributed by atoms with Crippen molar-refractivity contribution in [2.24, 2.45) is 10.2 Å². The summed E-state index contributed by atoms with van der Waals surface area (Å²) in [6, 6.07) is 6.62. The third-order valence-corrected chi connectivity index (χ3v) is 3.26. The van der Waals surface area contributed by atoms with E-state index in [0.717, 1.165) is 11.4 Å². The molecule has 0 unspecified atom stereocenters. The number of hydrazone groups is 2. The van der Waals surface area contributed by atoms with Gasteiger partial charge in [-0.2, -0.15) is 10.2 Å². The normalized spacial score (nSPS) is 11.0. The van der Waals surface area contributed by atoms with E-state index in [1.165, 1.54) is 0 Å². The van der Waals surface area contributed by atoms with E-state index < -0.39 is 0 Å². The highest BCUT2D eigenvalue weighted by atomic mass is 16.2. The highest BCUT2D eigenvalue weighted by Crippen LogP contribution is 2.01. The summed E-state index contributed by atoms with van der Waals surface area (Å²) in [6.45, 7) is 3.63. The average molecular weight is 352 g/mol. The predicted molar refractivity (Wildman–Crippen MR) is 99.1 cm³/mol. The maximum Gasteiger partial charge on any atom is 0.271 e. The van der Waals surface area contributed by atoms with Crippen molar-refractivity contribution in [1.29, 1.82) is 0 Å². The average Bonchev–Trinajstić information content (AvgIpc) is 2.63. The van der Waals surface area contributed by atoms with Crippen molar-refractivity contribution in [3.8, 4) is 0 Å². The minimum absolute atomic E-state index is 0.291. The molecule has 0 spiro atoms. The molecule has 2 N–H and O–H groups in total. The fourth-order valence-corrected chi connectivity index (χ4v) is 1.99. The predicted octanol–water partition coefficient (Wildman–Crippen LogP) is 2.01. The molecule has 2 rings (SSSR count). The Kier molecular flexibility index (Phi) is 7.11. The number of hydrogen-bond acceptors (Lipinski definition) is 6. The zero-order valence-electron chi connectivity index (χ0n) is 14.6. The second-order valence-corrected chi connectivity index (χ2v) is 5.45. The summed E-state index contributed by atoms with van der Waals surface area (Å²) in [4.78, 5) is 31.7. The molecule has 0 bridgehead atoms. The molecule has 0 saturated carbocycles. The standard InChI is InChI=1S/C18H20N6O2/c1-13-11-15(5-9-19-13)17(25)23-21-7-3-4-8-22-24-18(26)16-6-10-20-14(2)12-16/h5-12H,3-4H2,1-2H3,(H,23,25)(H,24,26)/b21-7+,22-8+. The zero-order valence-corrected chi connectivity index (χ0v) is 14.6. The van der Waals surface area contributed by atoms with E-state index in [1.54, 1.807) is 49.1 Å². The summed E-state index contributed by atoms with van der Waals surface area (Å²) >= 11 is 0. The highest BCUT2D eigenvalue weighted by molar-refractivity contribution is 5.94. The fourth-order valence-electron chi connectivity index (χ4n) is 1.99. The number of amides is 2. The lowest BCUT2D eigenvalue weighted by Crippen LogP contribution is -2.18. The summed E-state index contributed by atoms with van der Waals surface area (Å²) in [6.07, 6.45) is 7.45. The Balaban J connectivity index is 1.66. The molecular formula is C18H20N6O2. The van der Waals surface area contributed by atoms with Crippen LogP contribution in [0, 0.1) is 13.8 Å². The highest BCUT2D eigenvalue weighted by Gasteiger charge is 2.04. The Morgan fingerprint density at radius 2 is 1.31 bits per heavy atom. The topological polar surface area (TPSA) is 109 Å². The van der Waals surface area contributed by atoms with Gasteiger partial charge in [0.15, 0.2) is 0 Å². The van der Waals surface area contributed by atoms with Crippen LogP contribution in [0.4, 0.5) is 0 Å². The number of carbonyl (C=O) groups is 2. The van der Waals surface area contributed by atoms with Crippen LogP contribution in [0.25, 0.3) is 0 Å². The largest absolute Gasteiger partial charge is 0.271 e. The van der Waals surface area contributed by atoms with Crippen molar-refractivity contribution in [2.45, 2.75) is 26.7 Å². The maximum absolute atomic E-state index is 11.8. The molecule has 0 saturated heterocycles. The molecule has 0 aliphatic heterocycles. The SMILES string of the molecule is Cc1cc(C(=O)N/N=C/CC/C=N/NC(=O)c2ccnc(C)c2)ccn1. The third-order valence-electron chi connectivity index (χ3n) is 3.26. The lowest BCUT2D eigenvalue weighted by atomic mass is 10.2. The Labute approximate surface area is 151 Å². The summed E-state index contributed by atoms with van der Waals surface area (Å²) in [5.41, 5.74) is 7.43. The number of nitrogens with zero attached hydrogens (tertiary/aromatic N) is 4. The number of carbonyl (C=O) groups excluding carboxylic acids is 2. The van der Waals surface area contributed by atoms with Crippen LogP contribution in [0.1, 0.15) is 44.9 Å². The number of nitrogens with one attached hydrogen (secondary N) is 2. The van der Waals surface area contributed by atoms with Gasteiger partial charge < -0.3 is 0 Å². The van der Waals surface area contributed by atoms with E-state index in [2.05, 4.69) is 31.0 Å². The molecule has 0 aliphatic carbocycles. The first kappa shape index (κ1) is 18.9. The van der Waals surface area contributed by atoms with Crippen LogP contribution in [0.5, 0.6) is 0 Å². The van der Waals surface area contributed by atoms with E-state index in [4.69, 9.17) is 0 Å². The Hall–Kier alpha value is -3.42. The maximum atomic E-state index is 11.8. The minimum Gasteiger partial charge on any atom is -0.267 e. The molecule has 26 heavy (non-hydrogen) atoms. The van der Waals surface area contributed by atoms with E-state index >= 15 is 0 Å². The lowest BCUT2D eigenvalue weighted by Gasteiger charge is -2.00. The van der Waals surface area contributed by atoms with Gasteiger partial charge in [0.25, 0.3) is 11.8 Å². The smallest absolute Gasteiger partial charge is 0.267 e. The number of aryl methyl sites for hydroxylation is 2. The van der Waals surface area contributed by atoms with Gasteiger partial charge >= 0.3 is 0 Å². The minimum atomic E-state index is -0.291. The van der Waals surface area contributed by atoms with Crippen molar-refractivity contribution in [1.82, 2.24) is 20.8 Å². The Bertz CT molecular complexity index is 762. The van der Waals surface area contributed by atoms with Gasteiger partial charge in [-0.25, -0.2) is 10.9 Å². The molecule has 0 radical (unpaired) electrons. The van der Waals surface area contributed by atoms with Gasteiger partial charge in [-0.05, 0) is 51.0 Å². The first-order chi connectivity index (χ1) is 12.6. The van der Waals surface area contributed by atoms with Gasteiger partial charge in [-0.3, -0.25) is 19.6 Å². The molecule has 0 fully saturated rings. The van der Waals surface area contributed by atoms with Gasteiger partial charge in [0.05, 0.1) is 0 Å². The number of aromatic nitrogens is 2. The second-order valence-electron chi connectivity index (χ2n) is 5.45. The molecule has 2 aromatic heterocycles. The van der Waals surface area contributed by atoms with Crippen molar-refractivity contribution < 1.29 is 9.59 Å². The van der Waals surface area contributed by atoms with Crippen molar-refractivity contribution in [3.63, 3.8) is 0 Å². The Morgan fingerprint density at radius 1 is 0.885 bits per heavy atom. The van der Waals surface area contributed by atoms with Crippen molar-refractivity contribution in [2.75, 3.05) is 0 Å². The number of rotatable bonds is 7. The summed E-state index contributed by atoms with van der Waals surface area (Å²) in [5.74, 6) is -0.583. The van der Waals surface area contributed by atoms with Crippen LogP contribution in [-0.2, 0) is 0 Å². The van der Waals surface area contributed by atoms with Gasteiger partial charge in [-0.1, -0.05) is 0 Å². The molecule has 8 heteroatoms. The third kappa shape index (κ3) is 6.23. The van der Waals surface area contributed by atoms with Crippen LogP contribution in [0.2, 0.25) is 0 Å². The molecular weight excluding hydrogens is 332 g/mol. The lowest BCUT2D eigenvalue weighted by molar-refractivity contribution is 0.0946. The van der Waals surface area contributed by atoms with Crippen LogP contribution < -0.4 is 10.9 Å². The van der Waals surface area contributed by atoms with Gasteiger partial charge in [0.2, 0.25) is 0 Å². The first-order valence-corrected chi connectivity index (χ1v) is 8.05. The quantitative estimate of drug-likeness (QED) is 0.451. The molecule has 0 aromatic carbocycles. The van der Waals surface area contributed by atoms with Crippen LogP contribution >= 0.6 is 0 Å². The first-order valence-electron chi connectivity index (χ1n) is 8.05. The van der Waals surface area contributed by atoms with Crippen molar-refractivity contribution >= 4 is 24.2 Å². The summed E-state index contributed by atoms with van der Waals surface area (Å²) in [5, 5.41) is 7.73. The molecule has 8 nitrogen and oxygen atoms in total. The zero-order chi connectivity index (χ0) is 18.8. The molecule has 2 heterocycles. The molecule has 134 valence electrons. The molecule has 2 aromatic rings. The van der Waals surface area contributed by atoms with Gasteiger partial charge in [-0.15, -0.1) is 0 Å². The fraction of sp³-hybridized carbons (Fsp3) is 0.222. The van der Waals surface area contributed by atoms with Gasteiger partial charge in [0.1, 0.15) is 0 Å². The molecule has 2 amide bonds. The second kappa shape index (κ2) is 9.77. The molecule has 0 atom stereocenters. The van der Waals surface area contributed by atoms with Crippen LogP contribution in [-0.4, -0.2) is 34.2 Å². The van der Waals surface area contributed by atoms with Crippen molar-refractivity contribution in [3.05, 3.63) is 59.2 Å². The number of pyridine rings is 2. The number of hydrogen-bond donors (Lipinski definition) is 2. The summed E-state index contributed by atoms with van der Waals surface area (Å²) < 4.78 is 0. The van der Waals surface area contributed by atoms with E-state index in [9.17, 15) is 9.59 Å². The number of unbranched alkanes of at least 4 members (excludes halogenated alkanes) is 1. The summed E-state index contributed by atoms with van der Waals surface area (Å²) in [7, 11) is 0.